The van der Waals surface area contributed by atoms with Gasteiger partial charge in [0, 0.05) is 13.1 Å². The van der Waals surface area contributed by atoms with Gasteiger partial charge in [0.15, 0.2) is 0 Å². The van der Waals surface area contributed by atoms with Crippen LogP contribution in [0.3, 0.4) is 0 Å². The summed E-state index contributed by atoms with van der Waals surface area (Å²) in [7, 11) is 0. The van der Waals surface area contributed by atoms with Crippen molar-refractivity contribution < 1.29 is 9.90 Å². The summed E-state index contributed by atoms with van der Waals surface area (Å²) in [5.74, 6) is 0.289. The minimum atomic E-state index is -0.487. The minimum absolute atomic E-state index is 0.0555. The maximum absolute atomic E-state index is 12.4. The molecule has 3 N–H and O–H groups in total. The number of likely N-dealkylation sites (tertiary alicyclic amines) is 1. The minimum Gasteiger partial charge on any atom is -0.508 e. The number of nitrogens with two attached hydrogens (primary N) is 1. The first-order valence-corrected chi connectivity index (χ1v) is 7.49. The Balaban J connectivity index is 1.91. The van der Waals surface area contributed by atoms with E-state index in [9.17, 15) is 9.90 Å². The Kier molecular flexibility index (Phi) is 5.41. The molecule has 1 aliphatic rings. The number of carbonyl (C=O) groups is 1. The summed E-state index contributed by atoms with van der Waals surface area (Å²) in [6.45, 7) is 1.67. The fourth-order valence-corrected chi connectivity index (χ4v) is 2.68. The van der Waals surface area contributed by atoms with Crippen molar-refractivity contribution in [1.29, 1.82) is 0 Å². The van der Waals surface area contributed by atoms with Crippen molar-refractivity contribution in [1.82, 2.24) is 4.90 Å². The van der Waals surface area contributed by atoms with Crippen LogP contribution in [0.4, 0.5) is 0 Å². The van der Waals surface area contributed by atoms with E-state index in [1.807, 2.05) is 17.0 Å². The molecule has 0 aliphatic carbocycles. The van der Waals surface area contributed by atoms with Gasteiger partial charge in [0.2, 0.25) is 5.91 Å². The summed E-state index contributed by atoms with van der Waals surface area (Å²) in [5, 5.41) is 9.26. The standard InChI is InChI=1S/C16H24N2O2/c17-15(12-13-6-8-14(19)9-7-13)16(20)18-10-4-2-1-3-5-11-18/h6-9,15,19H,1-5,10-12,17H2/t15-/m1/s1. The largest absolute Gasteiger partial charge is 0.508 e. The molecule has 1 amide bonds. The smallest absolute Gasteiger partial charge is 0.239 e. The number of carbonyl (C=O) groups excluding carboxylic acids is 1. The maximum Gasteiger partial charge on any atom is 0.239 e. The summed E-state index contributed by atoms with van der Waals surface area (Å²) in [4.78, 5) is 14.3. The molecule has 1 aromatic carbocycles. The molecule has 0 saturated carbocycles. The van der Waals surface area contributed by atoms with Crippen LogP contribution in [0.1, 0.15) is 37.7 Å². The van der Waals surface area contributed by atoms with Gasteiger partial charge in [-0.05, 0) is 37.0 Å². The normalized spacial score (nSPS) is 18.1. The Morgan fingerprint density at radius 1 is 1.10 bits per heavy atom. The first-order valence-electron chi connectivity index (χ1n) is 7.49. The number of rotatable bonds is 3. The summed E-state index contributed by atoms with van der Waals surface area (Å²) in [6.07, 6.45) is 6.38. The van der Waals surface area contributed by atoms with Gasteiger partial charge in [-0.2, -0.15) is 0 Å². The van der Waals surface area contributed by atoms with Crippen molar-refractivity contribution in [3.05, 3.63) is 29.8 Å². The first-order chi connectivity index (χ1) is 9.66. The molecule has 0 bridgehead atoms. The van der Waals surface area contributed by atoms with Crippen molar-refractivity contribution in [3.8, 4) is 5.75 Å². The van der Waals surface area contributed by atoms with Crippen molar-refractivity contribution in [2.24, 2.45) is 5.73 Å². The highest BCUT2D eigenvalue weighted by atomic mass is 16.3. The lowest BCUT2D eigenvalue weighted by molar-refractivity contribution is -0.132. The van der Waals surface area contributed by atoms with Crippen molar-refractivity contribution in [2.45, 2.75) is 44.6 Å². The maximum atomic E-state index is 12.4. The zero-order valence-corrected chi connectivity index (χ0v) is 11.9. The third kappa shape index (κ3) is 4.23. The number of phenolic OH excluding ortho intramolecular Hbond substituents is 1. The van der Waals surface area contributed by atoms with Gasteiger partial charge < -0.3 is 15.7 Å². The molecule has 0 radical (unpaired) electrons. The van der Waals surface area contributed by atoms with Gasteiger partial charge in [-0.3, -0.25) is 4.79 Å². The number of aromatic hydroxyl groups is 1. The number of amides is 1. The Morgan fingerprint density at radius 3 is 2.25 bits per heavy atom. The van der Waals surface area contributed by atoms with E-state index in [4.69, 9.17) is 5.73 Å². The molecule has 2 rings (SSSR count). The van der Waals surface area contributed by atoms with Gasteiger partial charge in [0.25, 0.3) is 0 Å². The van der Waals surface area contributed by atoms with Crippen LogP contribution >= 0.6 is 0 Å². The third-order valence-corrected chi connectivity index (χ3v) is 3.88. The number of nitrogens with zero attached hydrogens (tertiary/aromatic N) is 1. The summed E-state index contributed by atoms with van der Waals surface area (Å²) in [6, 6.07) is 6.40. The summed E-state index contributed by atoms with van der Waals surface area (Å²) >= 11 is 0. The molecule has 1 fully saturated rings. The molecule has 4 nitrogen and oxygen atoms in total. The number of phenols is 1. The molecule has 110 valence electrons. The fourth-order valence-electron chi connectivity index (χ4n) is 2.68. The van der Waals surface area contributed by atoms with Gasteiger partial charge in [0.05, 0.1) is 6.04 Å². The molecule has 0 aromatic heterocycles. The Morgan fingerprint density at radius 2 is 1.65 bits per heavy atom. The number of hydrogen-bond acceptors (Lipinski definition) is 3. The van der Waals surface area contributed by atoms with Crippen LogP contribution < -0.4 is 5.73 Å². The second-order valence-corrected chi connectivity index (χ2v) is 5.57. The van der Waals surface area contributed by atoms with Crippen molar-refractivity contribution >= 4 is 5.91 Å². The lowest BCUT2D eigenvalue weighted by atomic mass is 10.0. The molecule has 0 spiro atoms. The fraction of sp³-hybridized carbons (Fsp3) is 0.562. The molecule has 1 aliphatic heterocycles. The van der Waals surface area contributed by atoms with Crippen LogP contribution in [0.25, 0.3) is 0 Å². The van der Waals surface area contributed by atoms with E-state index >= 15 is 0 Å². The van der Waals surface area contributed by atoms with Gasteiger partial charge in [-0.1, -0.05) is 31.4 Å². The molecular weight excluding hydrogens is 252 g/mol. The highest BCUT2D eigenvalue weighted by Crippen LogP contribution is 2.14. The lowest BCUT2D eigenvalue weighted by Gasteiger charge is -2.27. The molecular formula is C16H24N2O2. The van der Waals surface area contributed by atoms with Crippen LogP contribution in [0.2, 0.25) is 0 Å². The van der Waals surface area contributed by atoms with Gasteiger partial charge in [0.1, 0.15) is 5.75 Å². The second-order valence-electron chi connectivity index (χ2n) is 5.57. The third-order valence-electron chi connectivity index (χ3n) is 3.88. The molecule has 0 unspecified atom stereocenters. The van der Waals surface area contributed by atoms with Crippen LogP contribution in [0.15, 0.2) is 24.3 Å². The predicted molar refractivity (Wildman–Crippen MR) is 79.5 cm³/mol. The first kappa shape index (κ1) is 14.9. The Bertz CT molecular complexity index is 423. The van der Waals surface area contributed by atoms with Crippen LogP contribution in [-0.4, -0.2) is 35.0 Å². The monoisotopic (exact) mass is 276 g/mol. The molecule has 1 aromatic rings. The van der Waals surface area contributed by atoms with E-state index in [0.29, 0.717) is 6.42 Å². The average molecular weight is 276 g/mol. The van der Waals surface area contributed by atoms with E-state index in [0.717, 1.165) is 31.5 Å². The van der Waals surface area contributed by atoms with E-state index in [2.05, 4.69) is 0 Å². The Hall–Kier alpha value is -1.55. The molecule has 20 heavy (non-hydrogen) atoms. The SMILES string of the molecule is N[C@H](Cc1ccc(O)cc1)C(=O)N1CCCCCCC1. The molecule has 1 atom stereocenters. The van der Waals surface area contributed by atoms with Crippen molar-refractivity contribution in [2.75, 3.05) is 13.1 Å². The Labute approximate surface area is 120 Å². The zero-order chi connectivity index (χ0) is 14.4. The van der Waals surface area contributed by atoms with Gasteiger partial charge in [-0.25, -0.2) is 0 Å². The molecule has 1 heterocycles. The van der Waals surface area contributed by atoms with Gasteiger partial charge >= 0.3 is 0 Å². The van der Waals surface area contributed by atoms with E-state index in [1.165, 1.54) is 19.3 Å². The van der Waals surface area contributed by atoms with E-state index in [1.54, 1.807) is 12.1 Å². The van der Waals surface area contributed by atoms with Crippen LogP contribution in [-0.2, 0) is 11.2 Å². The number of hydrogen-bond donors (Lipinski definition) is 2. The summed E-state index contributed by atoms with van der Waals surface area (Å²) < 4.78 is 0. The number of benzene rings is 1. The second kappa shape index (κ2) is 7.29. The summed E-state index contributed by atoms with van der Waals surface area (Å²) in [5.41, 5.74) is 7.04. The zero-order valence-electron chi connectivity index (χ0n) is 11.9. The highest BCUT2D eigenvalue weighted by molar-refractivity contribution is 5.82. The highest BCUT2D eigenvalue weighted by Gasteiger charge is 2.21. The predicted octanol–water partition coefficient (Wildman–Crippen LogP) is 2.05. The topological polar surface area (TPSA) is 66.6 Å². The van der Waals surface area contributed by atoms with Crippen molar-refractivity contribution in [3.63, 3.8) is 0 Å². The average Bonchev–Trinajstić information content (AvgIpc) is 2.40. The molecule has 4 heteroatoms. The van der Waals surface area contributed by atoms with Gasteiger partial charge in [-0.15, -0.1) is 0 Å². The van der Waals surface area contributed by atoms with Crippen LogP contribution in [0.5, 0.6) is 5.75 Å². The lowest BCUT2D eigenvalue weighted by Crippen LogP contribution is -2.46. The quantitative estimate of drug-likeness (QED) is 0.888. The van der Waals surface area contributed by atoms with E-state index < -0.39 is 6.04 Å². The molecule has 1 saturated heterocycles. The van der Waals surface area contributed by atoms with E-state index in [-0.39, 0.29) is 11.7 Å². The van der Waals surface area contributed by atoms with Crippen LogP contribution in [0, 0.1) is 0 Å².